The lowest BCUT2D eigenvalue weighted by Crippen LogP contribution is -2.22. The smallest absolute Gasteiger partial charge is 0.138 e. The van der Waals surface area contributed by atoms with E-state index in [1.807, 2.05) is 26.2 Å². The van der Waals surface area contributed by atoms with Crippen molar-refractivity contribution in [3.8, 4) is 0 Å². The third-order valence-corrected chi connectivity index (χ3v) is 5.60. The number of likely N-dealkylation sites (tertiary alicyclic amines) is 1. The third kappa shape index (κ3) is 3.93. The monoisotopic (exact) mass is 341 g/mol. The highest BCUT2D eigenvalue weighted by Crippen LogP contribution is 2.35. The van der Waals surface area contributed by atoms with Crippen molar-refractivity contribution in [1.29, 1.82) is 0 Å². The van der Waals surface area contributed by atoms with E-state index >= 15 is 0 Å². The van der Waals surface area contributed by atoms with Gasteiger partial charge in [-0.1, -0.05) is 5.16 Å². The van der Waals surface area contributed by atoms with E-state index in [0.717, 1.165) is 50.2 Å². The number of pyridine rings is 1. The predicted molar refractivity (Wildman–Crippen MR) is 95.3 cm³/mol. The Balaban J connectivity index is 1.45. The molecule has 0 aromatic carbocycles. The highest BCUT2D eigenvalue weighted by Gasteiger charge is 2.35. The maximum Gasteiger partial charge on any atom is 0.138 e. The van der Waals surface area contributed by atoms with Crippen LogP contribution in [0.15, 0.2) is 29.0 Å². The first kappa shape index (κ1) is 16.7. The van der Waals surface area contributed by atoms with Crippen molar-refractivity contribution in [3.05, 3.63) is 47.1 Å². The number of rotatable bonds is 7. The largest absolute Gasteiger partial charge is 0.381 e. The van der Waals surface area contributed by atoms with Crippen molar-refractivity contribution < 1.29 is 9.26 Å². The molecule has 5 nitrogen and oxygen atoms in total. The van der Waals surface area contributed by atoms with Crippen LogP contribution < -0.4 is 0 Å². The van der Waals surface area contributed by atoms with Crippen LogP contribution in [0.1, 0.15) is 41.3 Å². The lowest BCUT2D eigenvalue weighted by molar-refractivity contribution is 0.0887. The predicted octanol–water partition coefficient (Wildman–Crippen LogP) is 3.33. The molecule has 134 valence electrons. The summed E-state index contributed by atoms with van der Waals surface area (Å²) in [5.74, 6) is 2.79. The van der Waals surface area contributed by atoms with Gasteiger partial charge in [0.25, 0.3) is 0 Å². The van der Waals surface area contributed by atoms with Crippen LogP contribution in [0.5, 0.6) is 0 Å². The molecule has 1 aliphatic heterocycles. The fourth-order valence-electron chi connectivity index (χ4n) is 3.87. The second kappa shape index (κ2) is 7.26. The molecule has 2 aromatic heterocycles. The van der Waals surface area contributed by atoms with Gasteiger partial charge in [0.1, 0.15) is 5.76 Å². The first-order valence-corrected chi connectivity index (χ1v) is 9.32. The van der Waals surface area contributed by atoms with E-state index in [-0.39, 0.29) is 0 Å². The van der Waals surface area contributed by atoms with Gasteiger partial charge in [-0.05, 0) is 50.3 Å². The summed E-state index contributed by atoms with van der Waals surface area (Å²) in [6, 6.07) is 4.30. The molecule has 0 amide bonds. The number of nitrogens with zero attached hydrogens (tertiary/aromatic N) is 3. The average molecular weight is 341 g/mol. The van der Waals surface area contributed by atoms with Gasteiger partial charge in [0.05, 0.1) is 12.3 Å². The van der Waals surface area contributed by atoms with Crippen LogP contribution >= 0.6 is 0 Å². The standard InChI is InChI=1S/C20H27N3O2/c1-14-19(15(2)25-22-14)10-23-9-18(13-24-12-16-3-4-16)20(11-23)17-5-7-21-8-6-17/h5-8,16,18,20H,3-4,9-13H2,1-2H3/t18-,20-/m0/s1. The number of hydrogen-bond acceptors (Lipinski definition) is 5. The zero-order chi connectivity index (χ0) is 17.2. The summed E-state index contributed by atoms with van der Waals surface area (Å²) in [4.78, 5) is 6.69. The van der Waals surface area contributed by atoms with Gasteiger partial charge in [0.15, 0.2) is 0 Å². The van der Waals surface area contributed by atoms with E-state index in [9.17, 15) is 0 Å². The third-order valence-electron chi connectivity index (χ3n) is 5.60. The Morgan fingerprint density at radius 3 is 2.64 bits per heavy atom. The maximum absolute atomic E-state index is 6.05. The van der Waals surface area contributed by atoms with Crippen LogP contribution in [0.2, 0.25) is 0 Å². The first-order chi connectivity index (χ1) is 12.2. The fraction of sp³-hybridized carbons (Fsp3) is 0.600. The molecular weight excluding hydrogens is 314 g/mol. The summed E-state index contributed by atoms with van der Waals surface area (Å²) in [7, 11) is 0. The summed E-state index contributed by atoms with van der Waals surface area (Å²) in [6.45, 7) is 8.82. The van der Waals surface area contributed by atoms with Crippen molar-refractivity contribution in [2.75, 3.05) is 26.3 Å². The van der Waals surface area contributed by atoms with E-state index in [2.05, 4.69) is 27.2 Å². The van der Waals surface area contributed by atoms with E-state index in [1.165, 1.54) is 24.0 Å². The van der Waals surface area contributed by atoms with Crippen LogP contribution in [-0.2, 0) is 11.3 Å². The van der Waals surface area contributed by atoms with Crippen LogP contribution in [0, 0.1) is 25.7 Å². The highest BCUT2D eigenvalue weighted by molar-refractivity contribution is 5.23. The molecular formula is C20H27N3O2. The Kier molecular flexibility index (Phi) is 4.86. The molecule has 3 heterocycles. The molecule has 0 bridgehead atoms. The molecule has 2 atom stereocenters. The second-order valence-corrected chi connectivity index (χ2v) is 7.62. The molecule has 2 fully saturated rings. The van der Waals surface area contributed by atoms with Crippen LogP contribution in [-0.4, -0.2) is 41.3 Å². The van der Waals surface area contributed by atoms with Crippen molar-refractivity contribution >= 4 is 0 Å². The number of hydrogen-bond donors (Lipinski definition) is 0. The van der Waals surface area contributed by atoms with Gasteiger partial charge in [0, 0.05) is 56.0 Å². The molecule has 1 aliphatic carbocycles. The summed E-state index contributed by atoms with van der Waals surface area (Å²) in [6.07, 6.45) is 6.48. The average Bonchev–Trinajstić information content (AvgIpc) is 3.29. The first-order valence-electron chi connectivity index (χ1n) is 9.32. The molecule has 1 saturated heterocycles. The summed E-state index contributed by atoms with van der Waals surface area (Å²) >= 11 is 0. The van der Waals surface area contributed by atoms with Gasteiger partial charge in [0.2, 0.25) is 0 Å². The summed E-state index contributed by atoms with van der Waals surface area (Å²) in [5.41, 5.74) is 3.61. The van der Waals surface area contributed by atoms with Crippen molar-refractivity contribution in [1.82, 2.24) is 15.0 Å². The SMILES string of the molecule is Cc1noc(C)c1CN1C[C@@H](COCC2CC2)[C@H](c2ccncc2)C1. The molecule has 0 unspecified atom stereocenters. The number of ether oxygens (including phenoxy) is 1. The lowest BCUT2D eigenvalue weighted by Gasteiger charge is -2.18. The second-order valence-electron chi connectivity index (χ2n) is 7.62. The van der Waals surface area contributed by atoms with Gasteiger partial charge in [-0.2, -0.15) is 0 Å². The minimum atomic E-state index is 0.502. The van der Waals surface area contributed by atoms with Gasteiger partial charge in [-0.3, -0.25) is 9.88 Å². The van der Waals surface area contributed by atoms with Gasteiger partial charge < -0.3 is 9.26 Å². The summed E-state index contributed by atoms with van der Waals surface area (Å²) in [5, 5.41) is 4.10. The van der Waals surface area contributed by atoms with Crippen LogP contribution in [0.4, 0.5) is 0 Å². The molecule has 0 N–H and O–H groups in total. The Morgan fingerprint density at radius 1 is 1.16 bits per heavy atom. The highest BCUT2D eigenvalue weighted by atomic mass is 16.5. The Bertz CT molecular complexity index is 677. The van der Waals surface area contributed by atoms with E-state index in [0.29, 0.717) is 11.8 Å². The number of aromatic nitrogens is 2. The van der Waals surface area contributed by atoms with Crippen molar-refractivity contribution in [2.45, 2.75) is 39.2 Å². The molecule has 1 saturated carbocycles. The minimum absolute atomic E-state index is 0.502. The lowest BCUT2D eigenvalue weighted by atomic mass is 9.90. The van der Waals surface area contributed by atoms with Crippen LogP contribution in [0.25, 0.3) is 0 Å². The zero-order valence-electron chi connectivity index (χ0n) is 15.1. The number of aryl methyl sites for hydroxylation is 2. The quantitative estimate of drug-likeness (QED) is 0.773. The van der Waals surface area contributed by atoms with Crippen LogP contribution in [0.3, 0.4) is 0 Å². The van der Waals surface area contributed by atoms with E-state index in [1.54, 1.807) is 0 Å². The molecule has 0 spiro atoms. The Morgan fingerprint density at radius 2 is 1.96 bits per heavy atom. The molecule has 5 heteroatoms. The van der Waals surface area contributed by atoms with Gasteiger partial charge >= 0.3 is 0 Å². The Hall–Kier alpha value is -1.72. The zero-order valence-corrected chi connectivity index (χ0v) is 15.1. The molecule has 2 aliphatic rings. The summed E-state index contributed by atoms with van der Waals surface area (Å²) < 4.78 is 11.4. The van der Waals surface area contributed by atoms with E-state index in [4.69, 9.17) is 9.26 Å². The van der Waals surface area contributed by atoms with Crippen molar-refractivity contribution in [3.63, 3.8) is 0 Å². The maximum atomic E-state index is 6.05. The van der Waals surface area contributed by atoms with Gasteiger partial charge in [-0.25, -0.2) is 0 Å². The molecule has 25 heavy (non-hydrogen) atoms. The normalized spacial score (nSPS) is 24.1. The van der Waals surface area contributed by atoms with Crippen molar-refractivity contribution in [2.24, 2.45) is 11.8 Å². The molecule has 4 rings (SSSR count). The Labute approximate surface area is 149 Å². The molecule has 0 radical (unpaired) electrons. The van der Waals surface area contributed by atoms with E-state index < -0.39 is 0 Å². The van der Waals surface area contributed by atoms with Gasteiger partial charge in [-0.15, -0.1) is 0 Å². The molecule has 2 aromatic rings. The minimum Gasteiger partial charge on any atom is -0.381 e. The fourth-order valence-corrected chi connectivity index (χ4v) is 3.87. The topological polar surface area (TPSA) is 51.4 Å².